The van der Waals surface area contributed by atoms with Crippen LogP contribution in [0.4, 0.5) is 0 Å². The van der Waals surface area contributed by atoms with Gasteiger partial charge in [-0.2, -0.15) is 5.10 Å². The van der Waals surface area contributed by atoms with E-state index in [-0.39, 0.29) is 5.75 Å². The van der Waals surface area contributed by atoms with Gasteiger partial charge in [-0.05, 0) is 43.3 Å². The molecule has 1 aliphatic carbocycles. The molecule has 88 valence electrons. The quantitative estimate of drug-likeness (QED) is 0.836. The molecule has 1 heterocycles. The molecule has 0 spiro atoms. The van der Waals surface area contributed by atoms with E-state index in [0.717, 1.165) is 17.3 Å². The summed E-state index contributed by atoms with van der Waals surface area (Å²) >= 11 is 8.53. The molecule has 0 unspecified atom stereocenters. The van der Waals surface area contributed by atoms with Crippen molar-refractivity contribution in [1.29, 1.82) is 0 Å². The molecule has 1 fully saturated rings. The highest BCUT2D eigenvalue weighted by atomic mass is 79.9. The van der Waals surface area contributed by atoms with Gasteiger partial charge in [0.15, 0.2) is 10.6 Å². The molecule has 2 N–H and O–H groups in total. The Hall–Kier alpha value is -1.14. The van der Waals surface area contributed by atoms with E-state index in [4.69, 9.17) is 12.2 Å². The number of aromatic amines is 1. The van der Waals surface area contributed by atoms with Crippen LogP contribution >= 0.6 is 28.1 Å². The standard InChI is InChI=1S/C11H10BrN3OS/c12-6-1-4-8(9(16)5-6)10-13-14-11(17)15(10)7-2-3-7/h1,4-5,7,16H,2-3H2,(H,14,17). The lowest BCUT2D eigenvalue weighted by Gasteiger charge is -2.06. The van der Waals surface area contributed by atoms with Gasteiger partial charge in [-0.15, -0.1) is 0 Å². The van der Waals surface area contributed by atoms with Gasteiger partial charge in [-0.25, -0.2) is 0 Å². The van der Waals surface area contributed by atoms with E-state index in [0.29, 0.717) is 22.2 Å². The number of phenols is 1. The van der Waals surface area contributed by atoms with E-state index in [1.54, 1.807) is 6.07 Å². The van der Waals surface area contributed by atoms with Crippen LogP contribution in [-0.4, -0.2) is 19.9 Å². The van der Waals surface area contributed by atoms with Crippen molar-refractivity contribution < 1.29 is 5.11 Å². The normalized spacial score (nSPS) is 15.1. The van der Waals surface area contributed by atoms with E-state index >= 15 is 0 Å². The van der Waals surface area contributed by atoms with E-state index in [2.05, 4.69) is 26.1 Å². The van der Waals surface area contributed by atoms with Crippen LogP contribution < -0.4 is 0 Å². The van der Waals surface area contributed by atoms with Crippen LogP contribution in [0.15, 0.2) is 22.7 Å². The summed E-state index contributed by atoms with van der Waals surface area (Å²) in [7, 11) is 0. The molecule has 1 aromatic carbocycles. The lowest BCUT2D eigenvalue weighted by molar-refractivity contribution is 0.476. The molecule has 0 saturated heterocycles. The van der Waals surface area contributed by atoms with Gasteiger partial charge in [0.1, 0.15) is 5.75 Å². The van der Waals surface area contributed by atoms with Gasteiger partial charge in [0.05, 0.1) is 5.56 Å². The van der Waals surface area contributed by atoms with Crippen LogP contribution in [0, 0.1) is 4.77 Å². The molecule has 0 radical (unpaired) electrons. The van der Waals surface area contributed by atoms with Gasteiger partial charge < -0.3 is 5.11 Å². The highest BCUT2D eigenvalue weighted by Crippen LogP contribution is 2.40. The first-order valence-electron chi connectivity index (χ1n) is 5.32. The molecule has 17 heavy (non-hydrogen) atoms. The molecule has 3 rings (SSSR count). The van der Waals surface area contributed by atoms with Gasteiger partial charge in [0.2, 0.25) is 0 Å². The molecule has 4 nitrogen and oxygen atoms in total. The molecular formula is C11H10BrN3OS. The SMILES string of the molecule is Oc1cc(Br)ccc1-c1n[nH]c(=S)n1C1CC1. The largest absolute Gasteiger partial charge is 0.507 e. The lowest BCUT2D eigenvalue weighted by atomic mass is 10.2. The van der Waals surface area contributed by atoms with Gasteiger partial charge in [0, 0.05) is 10.5 Å². The monoisotopic (exact) mass is 311 g/mol. The van der Waals surface area contributed by atoms with Crippen molar-refractivity contribution in [3.8, 4) is 17.1 Å². The van der Waals surface area contributed by atoms with Crippen LogP contribution in [0.1, 0.15) is 18.9 Å². The zero-order valence-corrected chi connectivity index (χ0v) is 11.3. The molecule has 0 aliphatic heterocycles. The van der Waals surface area contributed by atoms with E-state index in [1.165, 1.54) is 0 Å². The summed E-state index contributed by atoms with van der Waals surface area (Å²) in [5, 5.41) is 16.9. The number of phenolic OH excluding ortho intramolecular Hbond substituents is 1. The van der Waals surface area contributed by atoms with Crippen molar-refractivity contribution in [1.82, 2.24) is 14.8 Å². The van der Waals surface area contributed by atoms with E-state index < -0.39 is 0 Å². The van der Waals surface area contributed by atoms with Crippen LogP contribution in [0.25, 0.3) is 11.4 Å². The average molecular weight is 312 g/mol. The third-order valence-electron chi connectivity index (χ3n) is 2.82. The van der Waals surface area contributed by atoms with Crippen LogP contribution in [0.5, 0.6) is 5.75 Å². The van der Waals surface area contributed by atoms with E-state index in [9.17, 15) is 5.11 Å². The second-order valence-corrected chi connectivity index (χ2v) is 5.42. The first kappa shape index (κ1) is 11.0. The second kappa shape index (κ2) is 3.96. The maximum atomic E-state index is 9.95. The Kier molecular flexibility index (Phi) is 2.56. The fourth-order valence-electron chi connectivity index (χ4n) is 1.86. The Morgan fingerprint density at radius 1 is 1.47 bits per heavy atom. The maximum absolute atomic E-state index is 9.95. The molecule has 1 aromatic heterocycles. The minimum absolute atomic E-state index is 0.204. The smallest absolute Gasteiger partial charge is 0.195 e. The first-order valence-corrected chi connectivity index (χ1v) is 6.53. The minimum Gasteiger partial charge on any atom is -0.507 e. The topological polar surface area (TPSA) is 53.8 Å². The summed E-state index contributed by atoms with van der Waals surface area (Å²) < 4.78 is 3.44. The van der Waals surface area contributed by atoms with Gasteiger partial charge in [0.25, 0.3) is 0 Å². The molecule has 0 amide bonds. The molecule has 2 aromatic rings. The number of nitrogens with one attached hydrogen (secondary N) is 1. The van der Waals surface area contributed by atoms with Gasteiger partial charge >= 0.3 is 0 Å². The Balaban J connectivity index is 2.18. The van der Waals surface area contributed by atoms with Crippen LogP contribution in [-0.2, 0) is 0 Å². The number of nitrogens with zero attached hydrogens (tertiary/aromatic N) is 2. The molecule has 6 heteroatoms. The Morgan fingerprint density at radius 3 is 2.88 bits per heavy atom. The lowest BCUT2D eigenvalue weighted by Crippen LogP contribution is -1.97. The average Bonchev–Trinajstić information content (AvgIpc) is 3.03. The number of aromatic hydroxyl groups is 1. The van der Waals surface area contributed by atoms with Crippen molar-refractivity contribution >= 4 is 28.1 Å². The number of benzene rings is 1. The molecular weight excluding hydrogens is 302 g/mol. The highest BCUT2D eigenvalue weighted by molar-refractivity contribution is 9.10. The van der Waals surface area contributed by atoms with Gasteiger partial charge in [-0.3, -0.25) is 9.67 Å². The predicted molar refractivity (Wildman–Crippen MR) is 70.5 cm³/mol. The number of hydrogen-bond donors (Lipinski definition) is 2. The molecule has 0 atom stereocenters. The maximum Gasteiger partial charge on any atom is 0.195 e. The minimum atomic E-state index is 0.204. The Morgan fingerprint density at radius 2 is 2.24 bits per heavy atom. The van der Waals surface area contributed by atoms with Crippen LogP contribution in [0.2, 0.25) is 0 Å². The highest BCUT2D eigenvalue weighted by Gasteiger charge is 2.28. The fraction of sp³-hybridized carbons (Fsp3) is 0.273. The predicted octanol–water partition coefficient (Wildman–Crippen LogP) is 3.41. The van der Waals surface area contributed by atoms with Crippen molar-refractivity contribution in [3.63, 3.8) is 0 Å². The van der Waals surface area contributed by atoms with Crippen molar-refractivity contribution in [2.45, 2.75) is 18.9 Å². The summed E-state index contributed by atoms with van der Waals surface area (Å²) in [6, 6.07) is 5.80. The van der Waals surface area contributed by atoms with Crippen LogP contribution in [0.3, 0.4) is 0 Å². The summed E-state index contributed by atoms with van der Waals surface area (Å²) in [6.45, 7) is 0. The van der Waals surface area contributed by atoms with Gasteiger partial charge in [-0.1, -0.05) is 15.9 Å². The van der Waals surface area contributed by atoms with Crippen molar-refractivity contribution in [2.24, 2.45) is 0 Å². The second-order valence-electron chi connectivity index (χ2n) is 4.12. The number of H-pyrrole nitrogens is 1. The number of rotatable bonds is 2. The van der Waals surface area contributed by atoms with Crippen molar-refractivity contribution in [2.75, 3.05) is 0 Å². The fourth-order valence-corrected chi connectivity index (χ4v) is 2.49. The third-order valence-corrected chi connectivity index (χ3v) is 3.60. The number of halogens is 1. The summed E-state index contributed by atoms with van der Waals surface area (Å²) in [5.74, 6) is 0.915. The zero-order valence-electron chi connectivity index (χ0n) is 8.85. The zero-order chi connectivity index (χ0) is 12.0. The Labute approximate surface area is 111 Å². The van der Waals surface area contributed by atoms with E-state index in [1.807, 2.05) is 16.7 Å². The van der Waals surface area contributed by atoms with Crippen molar-refractivity contribution in [3.05, 3.63) is 27.4 Å². The molecule has 1 aliphatic rings. The summed E-state index contributed by atoms with van der Waals surface area (Å²) in [4.78, 5) is 0. The summed E-state index contributed by atoms with van der Waals surface area (Å²) in [6.07, 6.45) is 2.25. The summed E-state index contributed by atoms with van der Waals surface area (Å²) in [5.41, 5.74) is 0.701. The Bertz CT molecular complexity index is 630. The number of hydrogen-bond acceptors (Lipinski definition) is 3. The molecule has 1 saturated carbocycles. The molecule has 0 bridgehead atoms. The third kappa shape index (κ3) is 1.91. The first-order chi connectivity index (χ1) is 8.16. The number of aromatic nitrogens is 3.